The van der Waals surface area contributed by atoms with E-state index < -0.39 is 15.7 Å². The van der Waals surface area contributed by atoms with Crippen molar-refractivity contribution >= 4 is 32.9 Å². The van der Waals surface area contributed by atoms with E-state index in [-0.39, 0.29) is 35.3 Å². The summed E-state index contributed by atoms with van der Waals surface area (Å²) in [5.41, 5.74) is 2.20. The predicted molar refractivity (Wildman–Crippen MR) is 126 cm³/mol. The molecule has 3 fully saturated rings. The van der Waals surface area contributed by atoms with Crippen molar-refractivity contribution in [3.8, 4) is 0 Å². The number of sulfone groups is 1. The lowest BCUT2D eigenvalue weighted by atomic mass is 9.95. The number of amides is 1. The molecule has 0 spiro atoms. The zero-order valence-corrected chi connectivity index (χ0v) is 19.6. The fourth-order valence-electron chi connectivity index (χ4n) is 4.45. The SMILES string of the molecule is O=C1CCC(C=C(C(=O)Nc2cnc(CO)cn2)c2ccc(S(=O)(=O)C3CC3)c(C3CC3)c2)C1. The largest absolute Gasteiger partial charge is 0.390 e. The third-order valence-corrected chi connectivity index (χ3v) is 8.98. The van der Waals surface area contributed by atoms with E-state index in [2.05, 4.69) is 15.3 Å². The van der Waals surface area contributed by atoms with Crippen molar-refractivity contribution in [2.24, 2.45) is 5.92 Å². The smallest absolute Gasteiger partial charge is 0.257 e. The highest BCUT2D eigenvalue weighted by molar-refractivity contribution is 7.92. The van der Waals surface area contributed by atoms with E-state index in [1.165, 1.54) is 12.4 Å². The maximum absolute atomic E-state index is 13.3. The number of nitrogens with zero attached hydrogens (tertiary/aromatic N) is 2. The van der Waals surface area contributed by atoms with Crippen LogP contribution in [0.2, 0.25) is 0 Å². The van der Waals surface area contributed by atoms with Crippen LogP contribution in [0.5, 0.6) is 0 Å². The monoisotopic (exact) mass is 481 g/mol. The summed E-state index contributed by atoms with van der Waals surface area (Å²) in [6.45, 7) is -0.248. The minimum atomic E-state index is -3.35. The molecule has 0 saturated heterocycles. The van der Waals surface area contributed by atoms with Gasteiger partial charge in [-0.3, -0.25) is 14.6 Å². The van der Waals surface area contributed by atoms with Crippen LogP contribution in [-0.4, -0.2) is 40.4 Å². The summed E-state index contributed by atoms with van der Waals surface area (Å²) in [5, 5.41) is 11.6. The van der Waals surface area contributed by atoms with Crippen LogP contribution >= 0.6 is 0 Å². The number of aromatic nitrogens is 2. The van der Waals surface area contributed by atoms with Crippen LogP contribution in [0.4, 0.5) is 5.82 Å². The number of ketones is 1. The molecule has 1 aromatic carbocycles. The first-order chi connectivity index (χ1) is 16.3. The van der Waals surface area contributed by atoms with Crippen molar-refractivity contribution < 1.29 is 23.1 Å². The normalized spacial score (nSPS) is 21.0. The average Bonchev–Trinajstić information content (AvgIpc) is 3.75. The van der Waals surface area contributed by atoms with E-state index in [0.29, 0.717) is 53.8 Å². The number of aliphatic hydroxyl groups excluding tert-OH is 1. The lowest BCUT2D eigenvalue weighted by Gasteiger charge is -2.15. The average molecular weight is 482 g/mol. The molecular formula is C25H27N3O5S. The van der Waals surface area contributed by atoms with Gasteiger partial charge in [-0.2, -0.15) is 0 Å². The van der Waals surface area contributed by atoms with Gasteiger partial charge < -0.3 is 10.4 Å². The standard InChI is InChI=1S/C25H27N3O5S/c29-14-18-12-27-24(13-26-18)28-25(31)22(10-15-1-5-19(30)9-15)17-4-8-23(21(11-17)16-2-3-16)34(32,33)20-6-7-20/h4,8,10-13,15-16,20,29H,1-3,5-7,9,14H2,(H,27,28,31). The second kappa shape index (κ2) is 9.03. The van der Waals surface area contributed by atoms with Crippen molar-refractivity contribution in [1.29, 1.82) is 0 Å². The molecule has 3 aliphatic carbocycles. The van der Waals surface area contributed by atoms with Gasteiger partial charge in [0.1, 0.15) is 5.78 Å². The summed E-state index contributed by atoms with van der Waals surface area (Å²) in [6.07, 6.45) is 9.44. The number of carbonyl (C=O) groups excluding carboxylic acids is 2. The molecule has 1 aromatic heterocycles. The predicted octanol–water partition coefficient (Wildman–Crippen LogP) is 3.17. The summed E-state index contributed by atoms with van der Waals surface area (Å²) in [6, 6.07) is 5.19. The van der Waals surface area contributed by atoms with Crippen LogP contribution in [0, 0.1) is 5.92 Å². The number of hydrogen-bond acceptors (Lipinski definition) is 7. The van der Waals surface area contributed by atoms with E-state index >= 15 is 0 Å². The Hall–Kier alpha value is -2.91. The first-order valence-corrected chi connectivity index (χ1v) is 13.2. The molecule has 0 aliphatic heterocycles. The molecular weight excluding hydrogens is 454 g/mol. The molecule has 2 aromatic rings. The Kier molecular flexibility index (Phi) is 6.07. The number of nitrogens with one attached hydrogen (secondary N) is 1. The van der Waals surface area contributed by atoms with Gasteiger partial charge in [0.15, 0.2) is 15.7 Å². The first-order valence-electron chi connectivity index (χ1n) is 11.7. The van der Waals surface area contributed by atoms with E-state index in [4.69, 9.17) is 5.11 Å². The minimum absolute atomic E-state index is 0.0460. The van der Waals surface area contributed by atoms with Gasteiger partial charge in [0, 0.05) is 18.4 Å². The molecule has 1 amide bonds. The van der Waals surface area contributed by atoms with Gasteiger partial charge in [0.2, 0.25) is 0 Å². The Morgan fingerprint density at radius 1 is 1.12 bits per heavy atom. The minimum Gasteiger partial charge on any atom is -0.390 e. The number of allylic oxidation sites excluding steroid dienone is 1. The van der Waals surface area contributed by atoms with E-state index in [9.17, 15) is 18.0 Å². The fraction of sp³-hybridized carbons (Fsp3) is 0.440. The van der Waals surface area contributed by atoms with Crippen molar-refractivity contribution in [1.82, 2.24) is 9.97 Å². The van der Waals surface area contributed by atoms with Crippen LogP contribution in [0.3, 0.4) is 0 Å². The lowest BCUT2D eigenvalue weighted by Crippen LogP contribution is -2.17. The second-order valence-electron chi connectivity index (χ2n) is 9.40. The highest BCUT2D eigenvalue weighted by atomic mass is 32.2. The maximum atomic E-state index is 13.3. The molecule has 34 heavy (non-hydrogen) atoms. The molecule has 2 N–H and O–H groups in total. The Balaban J connectivity index is 1.50. The molecule has 5 rings (SSSR count). The number of Topliss-reactive ketones (excluding diaryl/α,β-unsaturated/α-hetero) is 1. The van der Waals surface area contributed by atoms with Crippen LogP contribution in [0.15, 0.2) is 41.6 Å². The molecule has 9 heteroatoms. The molecule has 1 atom stereocenters. The van der Waals surface area contributed by atoms with Crippen LogP contribution in [-0.2, 0) is 26.0 Å². The summed E-state index contributed by atoms with van der Waals surface area (Å²) >= 11 is 0. The van der Waals surface area contributed by atoms with Gasteiger partial charge in [-0.1, -0.05) is 12.1 Å². The number of aliphatic hydroxyl groups is 1. The molecule has 1 heterocycles. The van der Waals surface area contributed by atoms with Gasteiger partial charge in [-0.15, -0.1) is 0 Å². The molecule has 3 aliphatic rings. The zero-order valence-electron chi connectivity index (χ0n) is 18.7. The maximum Gasteiger partial charge on any atom is 0.257 e. The lowest BCUT2D eigenvalue weighted by molar-refractivity contribution is -0.117. The van der Waals surface area contributed by atoms with E-state index in [1.54, 1.807) is 12.1 Å². The number of carbonyl (C=O) groups is 2. The van der Waals surface area contributed by atoms with Crippen molar-refractivity contribution in [2.45, 2.75) is 67.6 Å². The zero-order chi connectivity index (χ0) is 23.9. The molecule has 8 nitrogen and oxygen atoms in total. The molecule has 1 unspecified atom stereocenters. The second-order valence-corrected chi connectivity index (χ2v) is 11.6. The van der Waals surface area contributed by atoms with Crippen molar-refractivity contribution in [3.05, 3.63) is 53.5 Å². The number of anilines is 1. The van der Waals surface area contributed by atoms with Gasteiger partial charge in [0.25, 0.3) is 5.91 Å². The Labute approximate surface area is 198 Å². The van der Waals surface area contributed by atoms with Crippen molar-refractivity contribution in [3.63, 3.8) is 0 Å². The summed E-state index contributed by atoms with van der Waals surface area (Å²) in [7, 11) is -3.35. The van der Waals surface area contributed by atoms with Crippen LogP contribution < -0.4 is 5.32 Å². The molecule has 3 saturated carbocycles. The number of rotatable bonds is 8. The van der Waals surface area contributed by atoms with Crippen LogP contribution in [0.25, 0.3) is 5.57 Å². The summed E-state index contributed by atoms with van der Waals surface area (Å²) in [5.74, 6) is 0.167. The topological polar surface area (TPSA) is 126 Å². The quantitative estimate of drug-likeness (QED) is 0.555. The molecule has 0 bridgehead atoms. The number of benzene rings is 1. The summed E-state index contributed by atoms with van der Waals surface area (Å²) in [4.78, 5) is 33.7. The Morgan fingerprint density at radius 3 is 2.50 bits per heavy atom. The van der Waals surface area contributed by atoms with Gasteiger partial charge >= 0.3 is 0 Å². The Bertz CT molecular complexity index is 1260. The number of hydrogen-bond donors (Lipinski definition) is 2. The van der Waals surface area contributed by atoms with E-state index in [1.807, 2.05) is 12.1 Å². The molecule has 0 radical (unpaired) electrons. The van der Waals surface area contributed by atoms with Crippen LogP contribution in [0.1, 0.15) is 67.7 Å². The molecule has 178 valence electrons. The third kappa shape index (κ3) is 4.81. The van der Waals surface area contributed by atoms with Crippen molar-refractivity contribution in [2.75, 3.05) is 5.32 Å². The third-order valence-electron chi connectivity index (χ3n) is 6.65. The van der Waals surface area contributed by atoms with Gasteiger partial charge in [-0.05, 0) is 67.2 Å². The Morgan fingerprint density at radius 2 is 1.91 bits per heavy atom. The van der Waals surface area contributed by atoms with Gasteiger partial charge in [-0.25, -0.2) is 13.4 Å². The fourth-order valence-corrected chi connectivity index (χ4v) is 6.38. The summed E-state index contributed by atoms with van der Waals surface area (Å²) < 4.78 is 26.0. The highest BCUT2D eigenvalue weighted by Gasteiger charge is 2.40. The van der Waals surface area contributed by atoms with E-state index in [0.717, 1.165) is 18.4 Å². The highest BCUT2D eigenvalue weighted by Crippen LogP contribution is 2.46. The first kappa shape index (κ1) is 22.9. The van der Waals surface area contributed by atoms with Gasteiger partial charge in [0.05, 0.1) is 34.8 Å².